The number of carboxylic acid groups (broad SMARTS) is 1. The highest BCUT2D eigenvalue weighted by atomic mass is 16.4. The van der Waals surface area contributed by atoms with Crippen LogP contribution in [-0.4, -0.2) is 15.8 Å². The summed E-state index contributed by atoms with van der Waals surface area (Å²) >= 11 is 0. The summed E-state index contributed by atoms with van der Waals surface area (Å²) in [7, 11) is 0. The van der Waals surface area contributed by atoms with Crippen molar-refractivity contribution in [3.05, 3.63) is 40.4 Å². The predicted octanol–water partition coefficient (Wildman–Crippen LogP) is 0.179. The highest BCUT2D eigenvalue weighted by molar-refractivity contribution is 5.95. The van der Waals surface area contributed by atoms with Gasteiger partial charge in [0.25, 0.3) is 0 Å². The number of hydrogen-bond acceptors (Lipinski definition) is 6. The molecular formula is C10H10N4O4. The molecule has 94 valence electrons. The predicted molar refractivity (Wildman–Crippen MR) is 64.2 cm³/mol. The van der Waals surface area contributed by atoms with E-state index >= 15 is 0 Å². The third kappa shape index (κ3) is 1.86. The zero-order valence-corrected chi connectivity index (χ0v) is 9.08. The van der Waals surface area contributed by atoms with Crippen LogP contribution in [0.4, 0.5) is 17.4 Å². The highest BCUT2D eigenvalue weighted by Crippen LogP contribution is 2.23. The Morgan fingerprint density at radius 1 is 1.39 bits per heavy atom. The minimum absolute atomic E-state index is 0.00583. The lowest BCUT2D eigenvalue weighted by molar-refractivity contribution is 0.0698. The number of para-hydroxylation sites is 1. The van der Waals surface area contributed by atoms with Gasteiger partial charge in [-0.15, -0.1) is 0 Å². The molecule has 0 saturated heterocycles. The van der Waals surface area contributed by atoms with Gasteiger partial charge in [-0.25, -0.2) is 9.59 Å². The Bertz CT molecular complexity index is 658. The van der Waals surface area contributed by atoms with Crippen LogP contribution in [0.1, 0.15) is 10.4 Å². The Morgan fingerprint density at radius 2 is 2.06 bits per heavy atom. The molecule has 1 aromatic heterocycles. The van der Waals surface area contributed by atoms with Gasteiger partial charge in [-0.05, 0) is 12.1 Å². The summed E-state index contributed by atoms with van der Waals surface area (Å²) in [6, 6.07) is 6.12. The molecular weight excluding hydrogens is 240 g/mol. The number of hydrogen-bond donors (Lipinski definition) is 4. The lowest BCUT2D eigenvalue weighted by Crippen LogP contribution is -2.24. The fraction of sp³-hybridized carbons (Fsp3) is 0. The number of carboxylic acids is 1. The van der Waals surface area contributed by atoms with E-state index in [1.165, 1.54) is 12.1 Å². The summed E-state index contributed by atoms with van der Waals surface area (Å²) in [5.41, 5.74) is 5.70. The van der Waals surface area contributed by atoms with Crippen LogP contribution in [0.5, 0.6) is 0 Å². The Kier molecular flexibility index (Phi) is 2.68. The lowest BCUT2D eigenvalue weighted by Gasteiger charge is -2.08. The number of nitrogens with zero attached hydrogens (tertiary/aromatic N) is 1. The van der Waals surface area contributed by atoms with Crippen LogP contribution < -0.4 is 22.6 Å². The zero-order valence-electron chi connectivity index (χ0n) is 9.08. The van der Waals surface area contributed by atoms with Gasteiger partial charge in [-0.2, -0.15) is 4.68 Å². The van der Waals surface area contributed by atoms with Crippen molar-refractivity contribution in [3.63, 3.8) is 0 Å². The van der Waals surface area contributed by atoms with Crippen molar-refractivity contribution < 1.29 is 14.3 Å². The van der Waals surface area contributed by atoms with Gasteiger partial charge < -0.3 is 26.4 Å². The second kappa shape index (κ2) is 4.17. The maximum atomic E-state index is 11.1. The SMILES string of the molecule is Nc1oc(=O)n(N)c1Nc1ccccc1C(=O)O. The topological polar surface area (TPSA) is 137 Å². The molecule has 0 aliphatic heterocycles. The number of nitrogen functional groups attached to an aromatic ring is 2. The molecule has 0 radical (unpaired) electrons. The first-order chi connectivity index (χ1) is 8.50. The Hall–Kier alpha value is -2.90. The van der Waals surface area contributed by atoms with E-state index in [4.69, 9.17) is 16.7 Å². The highest BCUT2D eigenvalue weighted by Gasteiger charge is 2.15. The first-order valence-electron chi connectivity index (χ1n) is 4.86. The average molecular weight is 250 g/mol. The van der Waals surface area contributed by atoms with Gasteiger partial charge in [-0.1, -0.05) is 12.1 Å². The summed E-state index contributed by atoms with van der Waals surface area (Å²) in [6.07, 6.45) is 0. The third-order valence-electron chi connectivity index (χ3n) is 2.28. The molecule has 2 rings (SSSR count). The monoisotopic (exact) mass is 250 g/mol. The van der Waals surface area contributed by atoms with Crippen LogP contribution in [0.3, 0.4) is 0 Å². The Morgan fingerprint density at radius 3 is 2.61 bits per heavy atom. The van der Waals surface area contributed by atoms with Crippen molar-refractivity contribution in [1.82, 2.24) is 4.68 Å². The van der Waals surface area contributed by atoms with Gasteiger partial charge in [0.1, 0.15) is 0 Å². The fourth-order valence-electron chi connectivity index (χ4n) is 1.43. The van der Waals surface area contributed by atoms with E-state index in [1.54, 1.807) is 12.1 Å². The van der Waals surface area contributed by atoms with Crippen molar-refractivity contribution in [2.24, 2.45) is 0 Å². The van der Waals surface area contributed by atoms with Crippen molar-refractivity contribution in [2.45, 2.75) is 0 Å². The third-order valence-corrected chi connectivity index (χ3v) is 2.28. The number of carbonyl (C=O) groups is 1. The normalized spacial score (nSPS) is 10.2. The molecule has 0 aliphatic carbocycles. The largest absolute Gasteiger partial charge is 0.478 e. The van der Waals surface area contributed by atoms with Gasteiger partial charge in [0.15, 0.2) is 5.82 Å². The molecule has 18 heavy (non-hydrogen) atoms. The smallest absolute Gasteiger partial charge is 0.441 e. The molecule has 0 unspecified atom stereocenters. The summed E-state index contributed by atoms with van der Waals surface area (Å²) < 4.78 is 5.23. The minimum Gasteiger partial charge on any atom is -0.478 e. The van der Waals surface area contributed by atoms with Gasteiger partial charge in [-0.3, -0.25) is 0 Å². The van der Waals surface area contributed by atoms with E-state index < -0.39 is 11.7 Å². The number of oxazole rings is 1. The summed E-state index contributed by atoms with van der Waals surface area (Å²) in [4.78, 5) is 22.1. The molecule has 8 nitrogen and oxygen atoms in total. The molecule has 2 aromatic rings. The van der Waals surface area contributed by atoms with Gasteiger partial charge in [0.05, 0.1) is 11.3 Å². The zero-order chi connectivity index (χ0) is 13.3. The van der Waals surface area contributed by atoms with Crippen molar-refractivity contribution in [1.29, 1.82) is 0 Å². The van der Waals surface area contributed by atoms with Crippen molar-refractivity contribution in [2.75, 3.05) is 16.9 Å². The summed E-state index contributed by atoms with van der Waals surface area (Å²) in [5, 5.41) is 11.6. The second-order valence-electron chi connectivity index (χ2n) is 3.43. The Labute approximate surface area is 100 Å². The molecule has 0 atom stereocenters. The maximum absolute atomic E-state index is 11.1. The number of rotatable bonds is 3. The summed E-state index contributed by atoms with van der Waals surface area (Å²) in [6.45, 7) is 0. The molecule has 1 heterocycles. The van der Waals surface area contributed by atoms with E-state index in [-0.39, 0.29) is 23.0 Å². The van der Waals surface area contributed by atoms with E-state index in [9.17, 15) is 9.59 Å². The molecule has 6 N–H and O–H groups in total. The van der Waals surface area contributed by atoms with E-state index in [2.05, 4.69) is 9.73 Å². The van der Waals surface area contributed by atoms with Gasteiger partial charge in [0, 0.05) is 0 Å². The molecule has 8 heteroatoms. The number of benzene rings is 1. The average Bonchev–Trinajstić information content (AvgIpc) is 2.56. The maximum Gasteiger partial charge on any atom is 0.441 e. The molecule has 0 bridgehead atoms. The van der Waals surface area contributed by atoms with E-state index in [0.29, 0.717) is 4.68 Å². The molecule has 1 aromatic carbocycles. The van der Waals surface area contributed by atoms with E-state index in [0.717, 1.165) is 0 Å². The number of nitrogens with two attached hydrogens (primary N) is 2. The molecule has 0 fully saturated rings. The van der Waals surface area contributed by atoms with Crippen LogP contribution in [-0.2, 0) is 0 Å². The second-order valence-corrected chi connectivity index (χ2v) is 3.43. The lowest BCUT2D eigenvalue weighted by atomic mass is 10.2. The van der Waals surface area contributed by atoms with Crippen LogP contribution in [0, 0.1) is 0 Å². The summed E-state index contributed by atoms with van der Waals surface area (Å²) in [5.74, 6) is 3.21. The van der Waals surface area contributed by atoms with Crippen LogP contribution >= 0.6 is 0 Å². The molecule has 0 spiro atoms. The van der Waals surface area contributed by atoms with Crippen molar-refractivity contribution >= 4 is 23.4 Å². The molecule has 0 saturated carbocycles. The minimum atomic E-state index is -1.12. The van der Waals surface area contributed by atoms with Crippen molar-refractivity contribution in [3.8, 4) is 0 Å². The number of nitrogens with one attached hydrogen (secondary N) is 1. The van der Waals surface area contributed by atoms with Crippen LogP contribution in [0.25, 0.3) is 0 Å². The van der Waals surface area contributed by atoms with Crippen LogP contribution in [0.15, 0.2) is 33.5 Å². The number of anilines is 3. The van der Waals surface area contributed by atoms with Gasteiger partial charge >= 0.3 is 11.7 Å². The van der Waals surface area contributed by atoms with Crippen LogP contribution in [0.2, 0.25) is 0 Å². The van der Waals surface area contributed by atoms with E-state index in [1.807, 2.05) is 0 Å². The first-order valence-corrected chi connectivity index (χ1v) is 4.86. The first kappa shape index (κ1) is 11.6. The molecule has 0 amide bonds. The Balaban J connectivity index is 2.46. The molecule has 0 aliphatic rings. The number of aromatic nitrogens is 1. The number of aromatic carboxylic acids is 1. The quantitative estimate of drug-likeness (QED) is 0.570. The fourth-order valence-corrected chi connectivity index (χ4v) is 1.43. The van der Waals surface area contributed by atoms with Gasteiger partial charge in [0.2, 0.25) is 5.88 Å². The standard InChI is InChI=1S/C10H10N4O4/c11-7-8(14(12)10(17)18-7)13-6-4-2-1-3-5(6)9(15)16/h1-4,13H,11-12H2,(H,15,16).